The minimum Gasteiger partial charge on any atom is -0.299 e. The summed E-state index contributed by atoms with van der Waals surface area (Å²) in [7, 11) is -1.47. The van der Waals surface area contributed by atoms with Gasteiger partial charge in [-0.3, -0.25) is 4.90 Å². The quantitative estimate of drug-likeness (QED) is 0.681. The van der Waals surface area contributed by atoms with Gasteiger partial charge < -0.3 is 0 Å². The van der Waals surface area contributed by atoms with E-state index < -0.39 is 10.0 Å². The van der Waals surface area contributed by atoms with E-state index >= 15 is 0 Å². The highest BCUT2D eigenvalue weighted by atomic mass is 32.2. The number of hydrogen-bond donors (Lipinski definition) is 0. The van der Waals surface area contributed by atoms with E-state index in [9.17, 15) is 8.42 Å². The minimum absolute atomic E-state index is 0.328. The van der Waals surface area contributed by atoms with Crippen LogP contribution in [-0.4, -0.2) is 36.9 Å². The summed E-state index contributed by atoms with van der Waals surface area (Å²) in [6.07, 6.45) is 6.06. The highest BCUT2D eigenvalue weighted by Crippen LogP contribution is 2.41. The molecule has 2 aromatic carbocycles. The van der Waals surface area contributed by atoms with Gasteiger partial charge in [-0.2, -0.15) is 0 Å². The van der Waals surface area contributed by atoms with E-state index in [-0.39, 0.29) is 0 Å². The van der Waals surface area contributed by atoms with Crippen LogP contribution in [0.1, 0.15) is 23.1 Å². The Labute approximate surface area is 159 Å². The van der Waals surface area contributed by atoms with Crippen LogP contribution in [0.3, 0.4) is 0 Å². The predicted octanol–water partition coefficient (Wildman–Crippen LogP) is 3.83. The zero-order valence-corrected chi connectivity index (χ0v) is 16.3. The lowest BCUT2D eigenvalue weighted by Crippen LogP contribution is -2.39. The van der Waals surface area contributed by atoms with Crippen molar-refractivity contribution in [1.29, 1.82) is 0 Å². The molecule has 1 aliphatic carbocycles. The average molecular weight is 378 g/mol. The lowest BCUT2D eigenvalue weighted by molar-refractivity contribution is 0.282. The molecule has 5 rings (SSSR count). The minimum atomic E-state index is -3.62. The molecule has 1 aliphatic heterocycles. The maximum absolute atomic E-state index is 13.3. The first kappa shape index (κ1) is 16.8. The summed E-state index contributed by atoms with van der Waals surface area (Å²) >= 11 is 0. The van der Waals surface area contributed by atoms with E-state index in [1.165, 1.54) is 15.1 Å². The second-order valence-electron chi connectivity index (χ2n) is 7.62. The molecule has 3 aromatic rings. The summed E-state index contributed by atoms with van der Waals surface area (Å²) in [6.45, 7) is 3.00. The van der Waals surface area contributed by atoms with Crippen LogP contribution in [0.4, 0.5) is 0 Å². The fourth-order valence-electron chi connectivity index (χ4n) is 4.47. The molecule has 0 bridgehead atoms. The molecular weight excluding hydrogens is 356 g/mol. The first-order valence-electron chi connectivity index (χ1n) is 9.32. The molecule has 0 saturated heterocycles. The van der Waals surface area contributed by atoms with Gasteiger partial charge in [0.05, 0.1) is 10.4 Å². The van der Waals surface area contributed by atoms with Crippen LogP contribution in [0.15, 0.2) is 59.6 Å². The predicted molar refractivity (Wildman–Crippen MR) is 108 cm³/mol. The molecule has 0 N–H and O–H groups in total. The Morgan fingerprint density at radius 1 is 1.07 bits per heavy atom. The Morgan fingerprint density at radius 3 is 2.63 bits per heavy atom. The third-order valence-electron chi connectivity index (χ3n) is 5.91. The molecular formula is C22H22N2O2S. The van der Waals surface area contributed by atoms with Crippen molar-refractivity contribution in [3.63, 3.8) is 0 Å². The molecule has 2 heterocycles. The molecule has 0 amide bonds. The van der Waals surface area contributed by atoms with Gasteiger partial charge >= 0.3 is 0 Å². The van der Waals surface area contributed by atoms with Crippen LogP contribution >= 0.6 is 0 Å². The van der Waals surface area contributed by atoms with Crippen molar-refractivity contribution in [3.05, 3.63) is 71.4 Å². The molecule has 5 heteroatoms. The van der Waals surface area contributed by atoms with Gasteiger partial charge in [0.25, 0.3) is 10.0 Å². The topological polar surface area (TPSA) is 42.3 Å². The number of hydrogen-bond acceptors (Lipinski definition) is 3. The molecule has 1 atom stereocenters. The van der Waals surface area contributed by atoms with E-state index in [1.54, 1.807) is 12.1 Å². The van der Waals surface area contributed by atoms with Crippen molar-refractivity contribution in [1.82, 2.24) is 8.87 Å². The van der Waals surface area contributed by atoms with Crippen molar-refractivity contribution in [2.24, 2.45) is 0 Å². The molecule has 138 valence electrons. The highest BCUT2D eigenvalue weighted by Gasteiger charge is 2.33. The van der Waals surface area contributed by atoms with E-state index in [4.69, 9.17) is 0 Å². The number of fused-ring (bicyclic) bond motifs is 2. The van der Waals surface area contributed by atoms with Gasteiger partial charge in [0.2, 0.25) is 0 Å². The van der Waals surface area contributed by atoms with Crippen LogP contribution in [0.2, 0.25) is 0 Å². The number of benzene rings is 2. The van der Waals surface area contributed by atoms with Gasteiger partial charge in [-0.1, -0.05) is 35.9 Å². The van der Waals surface area contributed by atoms with E-state index in [0.29, 0.717) is 10.9 Å². The summed E-state index contributed by atoms with van der Waals surface area (Å²) < 4.78 is 28.1. The van der Waals surface area contributed by atoms with Gasteiger partial charge in [0.1, 0.15) is 0 Å². The zero-order chi connectivity index (χ0) is 18.8. The molecule has 0 spiro atoms. The van der Waals surface area contributed by atoms with Crippen LogP contribution < -0.4 is 0 Å². The van der Waals surface area contributed by atoms with Crippen molar-refractivity contribution < 1.29 is 8.42 Å². The Hall–Kier alpha value is -2.37. The Morgan fingerprint density at radius 2 is 1.85 bits per heavy atom. The van der Waals surface area contributed by atoms with Gasteiger partial charge in [0, 0.05) is 24.2 Å². The van der Waals surface area contributed by atoms with Crippen molar-refractivity contribution >= 4 is 26.5 Å². The number of aryl methyl sites for hydroxylation is 1. The monoisotopic (exact) mass is 378 g/mol. The first-order chi connectivity index (χ1) is 13.0. The standard InChI is InChI=1S/C22H22N2O2S/c1-15-8-10-17(11-9-15)27(25,26)24-14-16-13-21-18(6-4-12-23(21)2)19-5-3-7-20(24)22(16)19/h3,5-11,14,21H,4,12-13H2,1-2H3. The largest absolute Gasteiger partial charge is 0.299 e. The number of likely N-dealkylation sites (N-methyl/N-ethyl adjacent to an activating group) is 1. The van der Waals surface area contributed by atoms with E-state index in [1.807, 2.05) is 37.4 Å². The SMILES string of the molecule is Cc1ccc(S(=O)(=O)n2cc3c4c(cccc42)C2=CCCN(C)C2C3)cc1. The maximum Gasteiger partial charge on any atom is 0.268 e. The second-order valence-corrected chi connectivity index (χ2v) is 9.43. The summed E-state index contributed by atoms with van der Waals surface area (Å²) in [6, 6.07) is 13.4. The summed E-state index contributed by atoms with van der Waals surface area (Å²) in [5.74, 6) is 0. The summed E-state index contributed by atoms with van der Waals surface area (Å²) in [5.41, 5.74) is 5.46. The highest BCUT2D eigenvalue weighted by molar-refractivity contribution is 7.90. The van der Waals surface area contributed by atoms with Crippen molar-refractivity contribution in [2.75, 3.05) is 13.6 Å². The molecule has 4 nitrogen and oxygen atoms in total. The van der Waals surface area contributed by atoms with Gasteiger partial charge in [0.15, 0.2) is 0 Å². The molecule has 2 aliphatic rings. The van der Waals surface area contributed by atoms with Crippen molar-refractivity contribution in [3.8, 4) is 0 Å². The smallest absolute Gasteiger partial charge is 0.268 e. The lowest BCUT2D eigenvalue weighted by atomic mass is 9.82. The normalized spacial score (nSPS) is 19.8. The Bertz CT molecular complexity index is 1190. The molecule has 1 unspecified atom stereocenters. The molecule has 1 aromatic heterocycles. The molecule has 0 saturated carbocycles. The Kier molecular flexibility index (Phi) is 3.61. The zero-order valence-electron chi connectivity index (χ0n) is 15.5. The second kappa shape index (κ2) is 5.81. The van der Waals surface area contributed by atoms with Gasteiger partial charge in [-0.05, 0) is 61.7 Å². The van der Waals surface area contributed by atoms with E-state index in [2.05, 4.69) is 24.1 Å². The number of rotatable bonds is 2. The molecule has 0 radical (unpaired) electrons. The van der Waals surface area contributed by atoms with Gasteiger partial charge in [-0.15, -0.1) is 0 Å². The summed E-state index contributed by atoms with van der Waals surface area (Å²) in [5, 5.41) is 1.09. The molecule has 27 heavy (non-hydrogen) atoms. The maximum atomic E-state index is 13.3. The Balaban J connectivity index is 1.75. The number of nitrogens with zero attached hydrogens (tertiary/aromatic N) is 2. The summed E-state index contributed by atoms with van der Waals surface area (Å²) in [4.78, 5) is 2.71. The van der Waals surface area contributed by atoms with Crippen molar-refractivity contribution in [2.45, 2.75) is 30.7 Å². The average Bonchev–Trinajstić information content (AvgIpc) is 3.04. The fourth-order valence-corrected chi connectivity index (χ4v) is 5.86. The van der Waals surface area contributed by atoms with Crippen LogP contribution in [-0.2, 0) is 16.4 Å². The third-order valence-corrected chi connectivity index (χ3v) is 7.60. The fraction of sp³-hybridized carbons (Fsp3) is 0.273. The van der Waals surface area contributed by atoms with Crippen LogP contribution in [0, 0.1) is 6.92 Å². The van der Waals surface area contributed by atoms with Crippen LogP contribution in [0.5, 0.6) is 0 Å². The molecule has 0 fully saturated rings. The van der Waals surface area contributed by atoms with Crippen LogP contribution in [0.25, 0.3) is 16.5 Å². The lowest BCUT2D eigenvalue weighted by Gasteiger charge is -2.36. The third kappa shape index (κ3) is 2.42. The van der Waals surface area contributed by atoms with Gasteiger partial charge in [-0.25, -0.2) is 12.4 Å². The van der Waals surface area contributed by atoms with E-state index in [0.717, 1.165) is 41.4 Å². The first-order valence-corrected chi connectivity index (χ1v) is 10.8. The number of aromatic nitrogens is 1.